The highest BCUT2D eigenvalue weighted by Gasteiger charge is 2.26. The second-order valence-corrected chi connectivity index (χ2v) is 5.66. The summed E-state index contributed by atoms with van der Waals surface area (Å²) in [6.45, 7) is 5.87. The number of nitrogens with zero attached hydrogens (tertiary/aromatic N) is 3. The molecule has 6 nitrogen and oxygen atoms in total. The molecule has 0 unspecified atom stereocenters. The van der Waals surface area contributed by atoms with Gasteiger partial charge < -0.3 is 10.6 Å². The molecule has 1 aliphatic rings. The highest BCUT2D eigenvalue weighted by Crippen LogP contribution is 2.30. The van der Waals surface area contributed by atoms with E-state index >= 15 is 0 Å². The number of primary amides is 1. The fourth-order valence-electron chi connectivity index (χ4n) is 3.19. The zero-order chi connectivity index (χ0) is 15.9. The van der Waals surface area contributed by atoms with Crippen molar-refractivity contribution < 1.29 is 4.79 Å². The van der Waals surface area contributed by atoms with Gasteiger partial charge in [-0.25, -0.2) is 4.98 Å². The molecule has 0 aliphatic carbocycles. The maximum absolute atomic E-state index is 12.7. The van der Waals surface area contributed by atoms with Gasteiger partial charge in [-0.15, -0.1) is 0 Å². The van der Waals surface area contributed by atoms with Gasteiger partial charge in [0.2, 0.25) is 0 Å². The first-order valence-electron chi connectivity index (χ1n) is 7.63. The Balaban J connectivity index is 2.46. The standard InChI is InChI=1S/C16H20N4O2/c1-3-20-15-11(7-6-10(2)18-15)13(19-8-4-5-9-19)12(14(17)21)16(20)22/h6-7H,3-5,8-9H2,1-2H3,(H2,17,21). The summed E-state index contributed by atoms with van der Waals surface area (Å²) in [6, 6.07) is 3.83. The van der Waals surface area contributed by atoms with Gasteiger partial charge in [-0.1, -0.05) is 0 Å². The molecule has 2 aromatic rings. The van der Waals surface area contributed by atoms with Crippen molar-refractivity contribution in [1.29, 1.82) is 0 Å². The van der Waals surface area contributed by atoms with Crippen LogP contribution >= 0.6 is 0 Å². The molecule has 2 N–H and O–H groups in total. The number of amides is 1. The van der Waals surface area contributed by atoms with Crippen molar-refractivity contribution in [3.05, 3.63) is 33.7 Å². The van der Waals surface area contributed by atoms with Crippen LogP contribution in [0.15, 0.2) is 16.9 Å². The molecule has 22 heavy (non-hydrogen) atoms. The molecule has 0 aromatic carbocycles. The third-order valence-corrected chi connectivity index (χ3v) is 4.21. The minimum Gasteiger partial charge on any atom is -0.370 e. The molecule has 1 fully saturated rings. The molecule has 1 saturated heterocycles. The molecule has 116 valence electrons. The molecule has 0 radical (unpaired) electrons. The fourth-order valence-corrected chi connectivity index (χ4v) is 3.19. The predicted octanol–water partition coefficient (Wildman–Crippen LogP) is 1.42. The topological polar surface area (TPSA) is 81.2 Å². The number of hydrogen-bond donors (Lipinski definition) is 1. The summed E-state index contributed by atoms with van der Waals surface area (Å²) in [5.41, 5.74) is 7.39. The lowest BCUT2D eigenvalue weighted by molar-refractivity contribution is 0.0999. The van der Waals surface area contributed by atoms with Gasteiger partial charge in [0.15, 0.2) is 0 Å². The summed E-state index contributed by atoms with van der Waals surface area (Å²) in [4.78, 5) is 31.3. The average Bonchev–Trinajstić information content (AvgIpc) is 2.99. The number of anilines is 1. The Kier molecular flexibility index (Phi) is 3.60. The van der Waals surface area contributed by atoms with Crippen LogP contribution in [-0.2, 0) is 6.54 Å². The molecule has 0 bridgehead atoms. The smallest absolute Gasteiger partial charge is 0.267 e. The molecule has 0 spiro atoms. The number of aromatic nitrogens is 2. The molecule has 1 aliphatic heterocycles. The normalized spacial score (nSPS) is 14.7. The van der Waals surface area contributed by atoms with Crippen molar-refractivity contribution in [3.63, 3.8) is 0 Å². The van der Waals surface area contributed by atoms with Gasteiger partial charge >= 0.3 is 0 Å². The maximum Gasteiger partial charge on any atom is 0.267 e. The van der Waals surface area contributed by atoms with Gasteiger partial charge in [0.25, 0.3) is 11.5 Å². The lowest BCUT2D eigenvalue weighted by atomic mass is 10.1. The van der Waals surface area contributed by atoms with E-state index in [1.807, 2.05) is 26.0 Å². The summed E-state index contributed by atoms with van der Waals surface area (Å²) < 4.78 is 1.53. The third-order valence-electron chi connectivity index (χ3n) is 4.21. The van der Waals surface area contributed by atoms with E-state index in [1.54, 1.807) is 0 Å². The number of rotatable bonds is 3. The molecule has 0 saturated carbocycles. The zero-order valence-corrected chi connectivity index (χ0v) is 12.9. The van der Waals surface area contributed by atoms with Crippen LogP contribution in [0.4, 0.5) is 5.69 Å². The van der Waals surface area contributed by atoms with Crippen LogP contribution in [-0.4, -0.2) is 28.5 Å². The highest BCUT2D eigenvalue weighted by atomic mass is 16.2. The van der Waals surface area contributed by atoms with Crippen molar-refractivity contribution in [2.45, 2.75) is 33.2 Å². The highest BCUT2D eigenvalue weighted by molar-refractivity contribution is 6.06. The lowest BCUT2D eigenvalue weighted by Crippen LogP contribution is -2.34. The molecular formula is C16H20N4O2. The van der Waals surface area contributed by atoms with E-state index < -0.39 is 5.91 Å². The SMILES string of the molecule is CCn1c(=O)c(C(N)=O)c(N2CCCC2)c2ccc(C)nc21. The number of pyridine rings is 2. The lowest BCUT2D eigenvalue weighted by Gasteiger charge is -2.23. The van der Waals surface area contributed by atoms with Gasteiger partial charge in [-0.3, -0.25) is 14.2 Å². The van der Waals surface area contributed by atoms with Crippen molar-refractivity contribution in [2.75, 3.05) is 18.0 Å². The molecule has 2 aromatic heterocycles. The number of fused-ring (bicyclic) bond motifs is 1. The average molecular weight is 300 g/mol. The second-order valence-electron chi connectivity index (χ2n) is 5.66. The Morgan fingerprint density at radius 2 is 2.00 bits per heavy atom. The Labute approximate surface area is 128 Å². The van der Waals surface area contributed by atoms with Gasteiger partial charge in [0.1, 0.15) is 11.2 Å². The van der Waals surface area contributed by atoms with Gasteiger partial charge in [-0.05, 0) is 38.8 Å². The Bertz CT molecular complexity index is 804. The molecular weight excluding hydrogens is 280 g/mol. The van der Waals surface area contributed by atoms with E-state index in [0.29, 0.717) is 17.9 Å². The van der Waals surface area contributed by atoms with Crippen LogP contribution in [0.1, 0.15) is 35.8 Å². The van der Waals surface area contributed by atoms with E-state index in [1.165, 1.54) is 4.57 Å². The maximum atomic E-state index is 12.7. The van der Waals surface area contributed by atoms with E-state index in [2.05, 4.69) is 9.88 Å². The minimum atomic E-state index is -0.670. The van der Waals surface area contributed by atoms with E-state index in [0.717, 1.165) is 37.0 Å². The summed E-state index contributed by atoms with van der Waals surface area (Å²) in [7, 11) is 0. The van der Waals surface area contributed by atoms with E-state index in [4.69, 9.17) is 5.73 Å². The molecule has 3 heterocycles. The predicted molar refractivity (Wildman–Crippen MR) is 86.4 cm³/mol. The van der Waals surface area contributed by atoms with E-state index in [-0.39, 0.29) is 11.1 Å². The summed E-state index contributed by atoms with van der Waals surface area (Å²) in [5, 5.41) is 0.822. The van der Waals surface area contributed by atoms with Crippen molar-refractivity contribution in [2.24, 2.45) is 5.73 Å². The van der Waals surface area contributed by atoms with Crippen molar-refractivity contribution in [3.8, 4) is 0 Å². The number of hydrogen-bond acceptors (Lipinski definition) is 4. The van der Waals surface area contributed by atoms with Crippen LogP contribution in [0, 0.1) is 6.92 Å². The first kappa shape index (κ1) is 14.6. The van der Waals surface area contributed by atoms with Crippen LogP contribution in [0.5, 0.6) is 0 Å². The fraction of sp³-hybridized carbons (Fsp3) is 0.438. The molecule has 0 atom stereocenters. The van der Waals surface area contributed by atoms with Gasteiger partial charge in [0.05, 0.1) is 5.69 Å². The summed E-state index contributed by atoms with van der Waals surface area (Å²) in [6.07, 6.45) is 2.10. The third kappa shape index (κ3) is 2.15. The first-order valence-corrected chi connectivity index (χ1v) is 7.63. The Morgan fingerprint density at radius 1 is 1.32 bits per heavy atom. The zero-order valence-electron chi connectivity index (χ0n) is 12.9. The monoisotopic (exact) mass is 300 g/mol. The van der Waals surface area contributed by atoms with Gasteiger partial charge in [0, 0.05) is 30.7 Å². The van der Waals surface area contributed by atoms with Crippen LogP contribution < -0.4 is 16.2 Å². The van der Waals surface area contributed by atoms with Crippen molar-refractivity contribution in [1.82, 2.24) is 9.55 Å². The number of carbonyl (C=O) groups is 1. The van der Waals surface area contributed by atoms with Gasteiger partial charge in [-0.2, -0.15) is 0 Å². The summed E-state index contributed by atoms with van der Waals surface area (Å²) in [5.74, 6) is -0.670. The van der Waals surface area contributed by atoms with Crippen molar-refractivity contribution >= 4 is 22.6 Å². The summed E-state index contributed by atoms with van der Waals surface area (Å²) >= 11 is 0. The van der Waals surface area contributed by atoms with Crippen LogP contribution in [0.2, 0.25) is 0 Å². The van der Waals surface area contributed by atoms with Crippen LogP contribution in [0.3, 0.4) is 0 Å². The largest absolute Gasteiger partial charge is 0.370 e. The van der Waals surface area contributed by atoms with E-state index in [9.17, 15) is 9.59 Å². The second kappa shape index (κ2) is 5.44. The number of aryl methyl sites for hydroxylation is 2. The quantitative estimate of drug-likeness (QED) is 0.929. The number of carbonyl (C=O) groups excluding carboxylic acids is 1. The molecule has 6 heteroatoms. The number of nitrogens with two attached hydrogens (primary N) is 1. The Hall–Kier alpha value is -2.37. The molecule has 3 rings (SSSR count). The minimum absolute atomic E-state index is 0.0851. The van der Waals surface area contributed by atoms with Crippen LogP contribution in [0.25, 0.3) is 11.0 Å². The first-order chi connectivity index (χ1) is 10.5. The Morgan fingerprint density at radius 3 is 2.59 bits per heavy atom. The molecule has 1 amide bonds.